The number of aromatic amines is 1. The van der Waals surface area contributed by atoms with Gasteiger partial charge in [0.25, 0.3) is 0 Å². The number of nitrogens with two attached hydrogens (primary N) is 3. The quantitative estimate of drug-likeness (QED) is 0.123. The van der Waals surface area contributed by atoms with Crippen LogP contribution in [0.5, 0.6) is 0 Å². The number of aliphatic carboxylic acids is 1. The minimum Gasteiger partial charge on any atom is -0.480 e. The third kappa shape index (κ3) is 9.08. The van der Waals surface area contributed by atoms with Crippen molar-refractivity contribution < 1.29 is 33.9 Å². The minimum absolute atomic E-state index is 0.161. The molecule has 0 saturated carbocycles. The molecule has 0 aliphatic rings. The molecule has 5 amide bonds. The Hall–Kier alpha value is -4.46. The molecule has 40 heavy (non-hydrogen) atoms. The summed E-state index contributed by atoms with van der Waals surface area (Å²) in [5, 5.41) is 17.5. The highest BCUT2D eigenvalue weighted by Gasteiger charge is 2.33. The minimum atomic E-state index is -1.60. The predicted octanol–water partition coefficient (Wildman–Crippen LogP) is -1.24. The van der Waals surface area contributed by atoms with Crippen LogP contribution in [-0.2, 0) is 35.2 Å². The number of fused-ring (bicyclic) bond motifs is 1. The Balaban J connectivity index is 2.17. The lowest BCUT2D eigenvalue weighted by Crippen LogP contribution is -2.59. The van der Waals surface area contributed by atoms with E-state index in [2.05, 4.69) is 20.9 Å². The molecule has 0 spiro atoms. The van der Waals surface area contributed by atoms with Gasteiger partial charge in [-0.1, -0.05) is 38.5 Å². The zero-order valence-corrected chi connectivity index (χ0v) is 22.4. The predicted molar refractivity (Wildman–Crippen MR) is 145 cm³/mol. The summed E-state index contributed by atoms with van der Waals surface area (Å²) in [5.74, 6) is -5.90. The molecular weight excluding hydrogens is 522 g/mol. The normalized spacial score (nSPS) is 14.8. The first-order valence-electron chi connectivity index (χ1n) is 12.8. The fraction of sp³-hybridized carbons (Fsp3) is 0.462. The van der Waals surface area contributed by atoms with Crippen molar-refractivity contribution in [2.24, 2.45) is 23.1 Å². The van der Waals surface area contributed by atoms with Gasteiger partial charge >= 0.3 is 5.97 Å². The molecule has 0 radical (unpaired) electrons. The summed E-state index contributed by atoms with van der Waals surface area (Å²) in [6.45, 7) is 3.41. The van der Waals surface area contributed by atoms with Crippen molar-refractivity contribution in [2.45, 2.75) is 70.1 Å². The molecule has 5 atom stereocenters. The van der Waals surface area contributed by atoms with E-state index in [1.165, 1.54) is 0 Å². The number of benzene rings is 1. The van der Waals surface area contributed by atoms with Gasteiger partial charge in [0.2, 0.25) is 29.5 Å². The second kappa shape index (κ2) is 14.6. The Morgan fingerprint density at radius 1 is 0.925 bits per heavy atom. The molecular formula is C26H37N7O7. The molecule has 1 aromatic heterocycles. The highest BCUT2D eigenvalue weighted by molar-refractivity contribution is 5.95. The number of hydrogen-bond acceptors (Lipinski definition) is 7. The highest BCUT2D eigenvalue weighted by atomic mass is 16.4. The summed E-state index contributed by atoms with van der Waals surface area (Å²) in [7, 11) is 0. The Bertz CT molecular complexity index is 1240. The molecule has 14 nitrogen and oxygen atoms in total. The summed E-state index contributed by atoms with van der Waals surface area (Å²) in [5.41, 5.74) is 18.1. The number of hydrogen-bond donors (Lipinski definition) is 8. The number of carbonyl (C=O) groups excluding carboxylic acids is 5. The Morgan fingerprint density at radius 2 is 1.57 bits per heavy atom. The summed E-state index contributed by atoms with van der Waals surface area (Å²) in [4.78, 5) is 76.4. The number of aromatic nitrogens is 1. The van der Waals surface area contributed by atoms with Crippen LogP contribution in [0.1, 0.15) is 45.1 Å². The van der Waals surface area contributed by atoms with Crippen molar-refractivity contribution in [3.63, 3.8) is 0 Å². The van der Waals surface area contributed by atoms with Crippen molar-refractivity contribution >= 4 is 46.4 Å². The molecule has 11 N–H and O–H groups in total. The van der Waals surface area contributed by atoms with E-state index < -0.39 is 72.0 Å². The average Bonchev–Trinajstić information content (AvgIpc) is 3.30. The van der Waals surface area contributed by atoms with Crippen LogP contribution in [0.2, 0.25) is 0 Å². The molecule has 2 rings (SSSR count). The van der Waals surface area contributed by atoms with Crippen LogP contribution in [0.3, 0.4) is 0 Å². The highest BCUT2D eigenvalue weighted by Crippen LogP contribution is 2.19. The first-order valence-corrected chi connectivity index (χ1v) is 12.8. The van der Waals surface area contributed by atoms with Gasteiger partial charge in [-0.25, -0.2) is 4.79 Å². The second-order valence-electron chi connectivity index (χ2n) is 9.68. The van der Waals surface area contributed by atoms with Gasteiger partial charge in [-0.3, -0.25) is 24.0 Å². The number of primary amides is 2. The molecule has 1 aromatic carbocycles. The molecule has 0 aliphatic carbocycles. The first kappa shape index (κ1) is 31.8. The first-order chi connectivity index (χ1) is 18.8. The van der Waals surface area contributed by atoms with Crippen molar-refractivity contribution in [1.82, 2.24) is 20.9 Å². The maximum Gasteiger partial charge on any atom is 0.326 e. The number of para-hydroxylation sites is 1. The van der Waals surface area contributed by atoms with Gasteiger partial charge in [0.1, 0.15) is 18.1 Å². The smallest absolute Gasteiger partial charge is 0.326 e. The Labute approximate surface area is 230 Å². The van der Waals surface area contributed by atoms with Crippen LogP contribution >= 0.6 is 0 Å². The standard InChI is InChI=1S/C26H37N7O7/c1-3-13(2)22(25(38)32-19(26(39)40)11-21(29)35)33-24(37)18(8-9-20(28)34)31-23(36)16(27)10-14-12-30-17-7-5-4-6-15(14)17/h4-7,12-13,16,18-19,22,30H,3,8-11,27H2,1-2H3,(H2,28,34)(H2,29,35)(H,31,36)(H,32,38)(H,33,37)(H,39,40). The van der Waals surface area contributed by atoms with Crippen LogP contribution in [0.4, 0.5) is 0 Å². The molecule has 0 aliphatic heterocycles. The summed E-state index contributed by atoms with van der Waals surface area (Å²) in [6, 6.07) is 2.35. The van der Waals surface area contributed by atoms with E-state index in [-0.39, 0.29) is 19.3 Å². The van der Waals surface area contributed by atoms with E-state index in [0.29, 0.717) is 6.42 Å². The second-order valence-corrected chi connectivity index (χ2v) is 9.68. The number of H-pyrrole nitrogens is 1. The van der Waals surface area contributed by atoms with E-state index in [4.69, 9.17) is 17.2 Å². The zero-order chi connectivity index (χ0) is 30.0. The van der Waals surface area contributed by atoms with Crippen molar-refractivity contribution in [1.29, 1.82) is 0 Å². The van der Waals surface area contributed by atoms with E-state index in [1.807, 2.05) is 24.3 Å². The fourth-order valence-electron chi connectivity index (χ4n) is 4.08. The lowest BCUT2D eigenvalue weighted by molar-refractivity contribution is -0.144. The van der Waals surface area contributed by atoms with Gasteiger partial charge < -0.3 is 43.2 Å². The molecule has 14 heteroatoms. The van der Waals surface area contributed by atoms with Gasteiger partial charge in [0.15, 0.2) is 0 Å². The molecule has 2 aromatic rings. The van der Waals surface area contributed by atoms with Crippen molar-refractivity contribution in [2.75, 3.05) is 0 Å². The van der Waals surface area contributed by atoms with E-state index in [1.54, 1.807) is 20.0 Å². The topological polar surface area (TPSA) is 253 Å². The van der Waals surface area contributed by atoms with E-state index >= 15 is 0 Å². The molecule has 0 bridgehead atoms. The SMILES string of the molecule is CCC(C)C(NC(=O)C(CCC(N)=O)NC(=O)C(N)Cc1c[nH]c2ccccc12)C(=O)NC(CC(N)=O)C(=O)O. The molecule has 0 saturated heterocycles. The summed E-state index contributed by atoms with van der Waals surface area (Å²) < 4.78 is 0. The van der Waals surface area contributed by atoms with E-state index in [0.717, 1.165) is 16.5 Å². The molecule has 1 heterocycles. The van der Waals surface area contributed by atoms with Crippen LogP contribution in [0.15, 0.2) is 30.5 Å². The van der Waals surface area contributed by atoms with Gasteiger partial charge in [0.05, 0.1) is 12.5 Å². The molecule has 218 valence electrons. The zero-order valence-electron chi connectivity index (χ0n) is 22.4. The number of nitrogens with one attached hydrogen (secondary N) is 4. The third-order valence-corrected chi connectivity index (χ3v) is 6.58. The summed E-state index contributed by atoms with van der Waals surface area (Å²) in [6.07, 6.45) is 1.27. The van der Waals surface area contributed by atoms with Crippen molar-refractivity contribution in [3.8, 4) is 0 Å². The number of carboxylic acid groups (broad SMARTS) is 1. The molecule has 5 unspecified atom stereocenters. The van der Waals surface area contributed by atoms with Gasteiger partial charge in [-0.15, -0.1) is 0 Å². The number of rotatable bonds is 16. The van der Waals surface area contributed by atoms with Crippen LogP contribution < -0.4 is 33.2 Å². The monoisotopic (exact) mass is 559 g/mol. The fourth-order valence-corrected chi connectivity index (χ4v) is 4.08. The van der Waals surface area contributed by atoms with Crippen LogP contribution in [-0.4, -0.2) is 69.8 Å². The van der Waals surface area contributed by atoms with Crippen LogP contribution in [0, 0.1) is 5.92 Å². The van der Waals surface area contributed by atoms with Gasteiger partial charge in [-0.2, -0.15) is 0 Å². The Kier molecular flexibility index (Phi) is 11.6. The van der Waals surface area contributed by atoms with Gasteiger partial charge in [0, 0.05) is 23.5 Å². The largest absolute Gasteiger partial charge is 0.480 e. The van der Waals surface area contributed by atoms with E-state index in [9.17, 15) is 33.9 Å². The maximum atomic E-state index is 13.2. The number of amides is 5. The summed E-state index contributed by atoms with van der Waals surface area (Å²) >= 11 is 0. The average molecular weight is 560 g/mol. The lowest BCUT2D eigenvalue weighted by Gasteiger charge is -2.28. The third-order valence-electron chi connectivity index (χ3n) is 6.58. The Morgan fingerprint density at radius 3 is 2.17 bits per heavy atom. The lowest BCUT2D eigenvalue weighted by atomic mass is 9.96. The molecule has 0 fully saturated rings. The number of carboxylic acids is 1. The maximum absolute atomic E-state index is 13.2. The van der Waals surface area contributed by atoms with Crippen LogP contribution in [0.25, 0.3) is 10.9 Å². The van der Waals surface area contributed by atoms with Crippen molar-refractivity contribution in [3.05, 3.63) is 36.0 Å². The number of carbonyl (C=O) groups is 6. The van der Waals surface area contributed by atoms with Gasteiger partial charge in [-0.05, 0) is 30.4 Å².